The van der Waals surface area contributed by atoms with Crippen LogP contribution in [0.5, 0.6) is 5.75 Å². The maximum Gasteiger partial charge on any atom is 0.213 e. The van der Waals surface area contributed by atoms with Gasteiger partial charge in [-0.2, -0.15) is 0 Å². The summed E-state index contributed by atoms with van der Waals surface area (Å²) in [6.45, 7) is 3.75. The number of hydrogen-bond donors (Lipinski definition) is 1. The van der Waals surface area contributed by atoms with Gasteiger partial charge >= 0.3 is 0 Å². The lowest BCUT2D eigenvalue weighted by Crippen LogP contribution is -2.14. The summed E-state index contributed by atoms with van der Waals surface area (Å²) in [5.41, 5.74) is 2.51. The molecular weight excluding hydrogens is 214 g/mol. The third kappa shape index (κ3) is 3.21. The molecule has 4 nitrogen and oxygen atoms in total. The van der Waals surface area contributed by atoms with E-state index in [1.807, 2.05) is 13.8 Å². The summed E-state index contributed by atoms with van der Waals surface area (Å²) in [6, 6.07) is 3.55. The molecule has 0 saturated heterocycles. The van der Waals surface area contributed by atoms with E-state index in [2.05, 4.69) is 0 Å². The Labute approximate surface area is 90.1 Å². The second-order valence-corrected chi connectivity index (χ2v) is 5.18. The van der Waals surface area contributed by atoms with Gasteiger partial charge in [0.25, 0.3) is 0 Å². The lowest BCUT2D eigenvalue weighted by atomic mass is 10.1. The number of hydrogen-bond acceptors (Lipinski definition) is 3. The molecule has 15 heavy (non-hydrogen) atoms. The van der Waals surface area contributed by atoms with Crippen LogP contribution < -0.4 is 9.88 Å². The van der Waals surface area contributed by atoms with Crippen molar-refractivity contribution in [2.45, 2.75) is 19.6 Å². The zero-order valence-corrected chi connectivity index (χ0v) is 9.89. The van der Waals surface area contributed by atoms with Gasteiger partial charge in [0.1, 0.15) is 5.75 Å². The van der Waals surface area contributed by atoms with Crippen molar-refractivity contribution in [3.63, 3.8) is 0 Å². The number of ether oxygens (including phenoxy) is 1. The van der Waals surface area contributed by atoms with Crippen LogP contribution in [0.25, 0.3) is 0 Å². The lowest BCUT2D eigenvalue weighted by molar-refractivity contribution is 0.408. The summed E-state index contributed by atoms with van der Waals surface area (Å²) in [6.07, 6.45) is 0. The molecule has 0 saturated carbocycles. The van der Waals surface area contributed by atoms with E-state index in [-0.39, 0.29) is 5.75 Å². The second-order valence-electron chi connectivity index (χ2n) is 3.57. The fourth-order valence-electron chi connectivity index (χ4n) is 1.68. The number of aryl methyl sites for hydroxylation is 2. The molecule has 1 aromatic carbocycles. The van der Waals surface area contributed by atoms with Crippen molar-refractivity contribution in [2.75, 3.05) is 7.11 Å². The Morgan fingerprint density at radius 1 is 1.27 bits per heavy atom. The normalized spacial score (nSPS) is 11.5. The van der Waals surface area contributed by atoms with E-state index in [1.54, 1.807) is 19.2 Å². The Kier molecular flexibility index (Phi) is 3.36. The molecule has 0 aliphatic rings. The summed E-state index contributed by atoms with van der Waals surface area (Å²) in [4.78, 5) is 0. The number of nitrogens with two attached hydrogens (primary N) is 1. The fourth-order valence-corrected chi connectivity index (χ4v) is 2.31. The largest absolute Gasteiger partial charge is 0.496 e. The Morgan fingerprint density at radius 2 is 1.73 bits per heavy atom. The van der Waals surface area contributed by atoms with Gasteiger partial charge in [0.15, 0.2) is 0 Å². The molecule has 1 aromatic rings. The van der Waals surface area contributed by atoms with Gasteiger partial charge in [-0.1, -0.05) is 12.1 Å². The van der Waals surface area contributed by atoms with Crippen LogP contribution in [0.15, 0.2) is 12.1 Å². The predicted molar refractivity (Wildman–Crippen MR) is 59.3 cm³/mol. The highest BCUT2D eigenvalue weighted by molar-refractivity contribution is 7.88. The third-order valence-corrected chi connectivity index (χ3v) is 2.83. The Hall–Kier alpha value is -1.07. The van der Waals surface area contributed by atoms with Crippen LogP contribution in [0.4, 0.5) is 0 Å². The van der Waals surface area contributed by atoms with Crippen LogP contribution in [0.1, 0.15) is 16.7 Å². The molecule has 0 amide bonds. The molecule has 0 spiro atoms. The molecule has 0 atom stereocenters. The summed E-state index contributed by atoms with van der Waals surface area (Å²) in [5.74, 6) is 0.645. The number of primary sulfonamides is 1. The molecule has 84 valence electrons. The van der Waals surface area contributed by atoms with Crippen LogP contribution in [0.2, 0.25) is 0 Å². The van der Waals surface area contributed by atoms with Crippen LogP contribution in [0.3, 0.4) is 0 Å². The van der Waals surface area contributed by atoms with Crippen molar-refractivity contribution in [2.24, 2.45) is 5.14 Å². The highest BCUT2D eigenvalue weighted by Crippen LogP contribution is 2.24. The first kappa shape index (κ1) is 12.0. The highest BCUT2D eigenvalue weighted by Gasteiger charge is 2.09. The van der Waals surface area contributed by atoms with E-state index in [4.69, 9.17) is 9.88 Å². The van der Waals surface area contributed by atoms with Gasteiger partial charge in [0.2, 0.25) is 10.0 Å². The average Bonchev–Trinajstić information content (AvgIpc) is 1.99. The minimum Gasteiger partial charge on any atom is -0.496 e. The van der Waals surface area contributed by atoms with E-state index in [9.17, 15) is 8.42 Å². The van der Waals surface area contributed by atoms with Crippen molar-refractivity contribution in [1.29, 1.82) is 0 Å². The first-order chi connectivity index (χ1) is 6.83. The first-order valence-electron chi connectivity index (χ1n) is 4.48. The van der Waals surface area contributed by atoms with E-state index in [0.717, 1.165) is 16.9 Å². The summed E-state index contributed by atoms with van der Waals surface area (Å²) in [7, 11) is -1.88. The van der Waals surface area contributed by atoms with Gasteiger partial charge in [-0.25, -0.2) is 13.6 Å². The molecule has 0 unspecified atom stereocenters. The molecule has 0 fully saturated rings. The van der Waals surface area contributed by atoms with Crippen molar-refractivity contribution in [3.8, 4) is 5.75 Å². The molecule has 0 radical (unpaired) electrons. The minimum absolute atomic E-state index is 0.140. The lowest BCUT2D eigenvalue weighted by Gasteiger charge is -2.10. The van der Waals surface area contributed by atoms with Crippen molar-refractivity contribution in [1.82, 2.24) is 0 Å². The molecule has 2 N–H and O–H groups in total. The minimum atomic E-state index is -3.47. The molecule has 0 heterocycles. The maximum atomic E-state index is 10.9. The number of methoxy groups -OCH3 is 1. The smallest absolute Gasteiger partial charge is 0.213 e. The molecule has 0 aromatic heterocycles. The van der Waals surface area contributed by atoms with E-state index in [1.165, 1.54) is 0 Å². The van der Waals surface area contributed by atoms with Gasteiger partial charge in [0.05, 0.1) is 12.9 Å². The average molecular weight is 229 g/mol. The van der Waals surface area contributed by atoms with Gasteiger partial charge in [-0.3, -0.25) is 0 Å². The Morgan fingerprint density at radius 3 is 2.07 bits per heavy atom. The van der Waals surface area contributed by atoms with Crippen molar-refractivity contribution < 1.29 is 13.2 Å². The van der Waals surface area contributed by atoms with Crippen LogP contribution >= 0.6 is 0 Å². The van der Waals surface area contributed by atoms with Crippen LogP contribution in [-0.4, -0.2) is 15.5 Å². The first-order valence-corrected chi connectivity index (χ1v) is 6.19. The predicted octanol–water partition coefficient (Wildman–Crippen LogP) is 1.10. The molecule has 5 heteroatoms. The van der Waals surface area contributed by atoms with Crippen molar-refractivity contribution in [3.05, 3.63) is 28.8 Å². The molecule has 0 bridgehead atoms. The number of rotatable bonds is 3. The van der Waals surface area contributed by atoms with Crippen LogP contribution in [0, 0.1) is 13.8 Å². The SMILES string of the molecule is COc1c(C)cc(CS(N)(=O)=O)cc1C. The summed E-state index contributed by atoms with van der Waals surface area (Å²) >= 11 is 0. The summed E-state index contributed by atoms with van der Waals surface area (Å²) < 4.78 is 27.0. The van der Waals surface area contributed by atoms with E-state index < -0.39 is 10.0 Å². The molecule has 1 rings (SSSR count). The quantitative estimate of drug-likeness (QED) is 0.843. The monoisotopic (exact) mass is 229 g/mol. The fraction of sp³-hybridized carbons (Fsp3) is 0.400. The summed E-state index contributed by atoms with van der Waals surface area (Å²) in [5, 5.41) is 4.98. The highest BCUT2D eigenvalue weighted by atomic mass is 32.2. The molecule has 0 aliphatic carbocycles. The maximum absolute atomic E-state index is 10.9. The number of sulfonamides is 1. The van der Waals surface area contributed by atoms with E-state index >= 15 is 0 Å². The Balaban J connectivity index is 3.15. The number of benzene rings is 1. The standard InChI is InChI=1S/C10H15NO3S/c1-7-4-9(6-15(11,12)13)5-8(2)10(7)14-3/h4-5H,6H2,1-3H3,(H2,11,12,13). The second kappa shape index (κ2) is 4.20. The zero-order valence-electron chi connectivity index (χ0n) is 9.07. The molecular formula is C10H15NO3S. The Bertz CT molecular complexity index is 443. The van der Waals surface area contributed by atoms with Gasteiger partial charge in [-0.15, -0.1) is 0 Å². The zero-order chi connectivity index (χ0) is 11.6. The topological polar surface area (TPSA) is 69.4 Å². The third-order valence-electron chi connectivity index (χ3n) is 2.09. The van der Waals surface area contributed by atoms with Gasteiger partial charge in [0, 0.05) is 0 Å². The molecule has 0 aliphatic heterocycles. The van der Waals surface area contributed by atoms with Crippen LogP contribution in [-0.2, 0) is 15.8 Å². The van der Waals surface area contributed by atoms with E-state index in [0.29, 0.717) is 5.56 Å². The van der Waals surface area contributed by atoms with Gasteiger partial charge < -0.3 is 4.74 Å². The van der Waals surface area contributed by atoms with Gasteiger partial charge in [-0.05, 0) is 30.5 Å². The van der Waals surface area contributed by atoms with Crippen molar-refractivity contribution >= 4 is 10.0 Å².